The third kappa shape index (κ3) is 4.30. The number of anilines is 1. The number of nitrogens with zero attached hydrogens (tertiary/aromatic N) is 5. The lowest BCUT2D eigenvalue weighted by molar-refractivity contribution is 0.565. The van der Waals surface area contributed by atoms with Gasteiger partial charge in [-0.2, -0.15) is 5.10 Å². The zero-order chi connectivity index (χ0) is 19.6. The molecule has 0 amide bonds. The summed E-state index contributed by atoms with van der Waals surface area (Å²) in [6.07, 6.45) is 3.51. The molecule has 8 nitrogen and oxygen atoms in total. The fourth-order valence-electron chi connectivity index (χ4n) is 3.56. The highest BCUT2D eigenvalue weighted by Crippen LogP contribution is 2.20. The van der Waals surface area contributed by atoms with Crippen LogP contribution in [0.2, 0.25) is 0 Å². The van der Waals surface area contributed by atoms with E-state index in [1.54, 1.807) is 18.5 Å². The highest BCUT2D eigenvalue weighted by Gasteiger charge is 2.24. The van der Waals surface area contributed by atoms with Gasteiger partial charge in [0.25, 0.3) is 0 Å². The average Bonchev–Trinajstić information content (AvgIpc) is 2.94. The van der Waals surface area contributed by atoms with Gasteiger partial charge in [0.1, 0.15) is 4.90 Å². The first-order valence-electron chi connectivity index (χ1n) is 9.45. The molecule has 0 spiro atoms. The number of aryl methyl sites for hydroxylation is 3. The van der Waals surface area contributed by atoms with E-state index in [0.717, 1.165) is 31.6 Å². The molecule has 0 unspecified atom stereocenters. The minimum atomic E-state index is -3.67. The number of piperidine rings is 1. The zero-order valence-electron chi connectivity index (χ0n) is 16.5. The standard InChI is InChI=1S/C18H28N6O2S/c1-5-24-15(4)17(14(3)22-24)27(25,26)19-12-16-11-13(2)20-18(21-16)23-9-7-6-8-10-23/h11,19H,5-10,12H2,1-4H3. The van der Waals surface area contributed by atoms with Gasteiger partial charge in [0, 0.05) is 25.3 Å². The van der Waals surface area contributed by atoms with Gasteiger partial charge in [0.05, 0.1) is 23.6 Å². The topological polar surface area (TPSA) is 93.0 Å². The number of aromatic nitrogens is 4. The van der Waals surface area contributed by atoms with E-state index >= 15 is 0 Å². The van der Waals surface area contributed by atoms with E-state index in [-0.39, 0.29) is 11.4 Å². The van der Waals surface area contributed by atoms with Crippen LogP contribution < -0.4 is 9.62 Å². The maximum Gasteiger partial charge on any atom is 0.244 e. The van der Waals surface area contributed by atoms with Crippen LogP contribution in [0.5, 0.6) is 0 Å². The normalized spacial score (nSPS) is 15.3. The third-order valence-corrected chi connectivity index (χ3v) is 6.51. The lowest BCUT2D eigenvalue weighted by Gasteiger charge is -2.27. The largest absolute Gasteiger partial charge is 0.341 e. The second-order valence-corrected chi connectivity index (χ2v) is 8.69. The van der Waals surface area contributed by atoms with E-state index in [0.29, 0.717) is 29.6 Å². The highest BCUT2D eigenvalue weighted by atomic mass is 32.2. The third-order valence-electron chi connectivity index (χ3n) is 4.86. The van der Waals surface area contributed by atoms with E-state index < -0.39 is 10.0 Å². The highest BCUT2D eigenvalue weighted by molar-refractivity contribution is 7.89. The van der Waals surface area contributed by atoms with Crippen molar-refractivity contribution in [2.75, 3.05) is 18.0 Å². The van der Waals surface area contributed by atoms with Gasteiger partial charge in [0.2, 0.25) is 16.0 Å². The number of rotatable bonds is 6. The van der Waals surface area contributed by atoms with Crippen molar-refractivity contribution in [1.82, 2.24) is 24.5 Å². The second-order valence-electron chi connectivity index (χ2n) is 6.99. The Labute approximate surface area is 161 Å². The van der Waals surface area contributed by atoms with E-state index in [2.05, 4.69) is 24.7 Å². The Hall–Kier alpha value is -2.00. The van der Waals surface area contributed by atoms with Gasteiger partial charge >= 0.3 is 0 Å². The van der Waals surface area contributed by atoms with Crippen LogP contribution >= 0.6 is 0 Å². The predicted molar refractivity (Wildman–Crippen MR) is 104 cm³/mol. The van der Waals surface area contributed by atoms with Crippen LogP contribution in [0.1, 0.15) is 49.0 Å². The van der Waals surface area contributed by atoms with Crippen molar-refractivity contribution >= 4 is 16.0 Å². The zero-order valence-corrected chi connectivity index (χ0v) is 17.3. The summed E-state index contributed by atoms with van der Waals surface area (Å²) < 4.78 is 30.0. The van der Waals surface area contributed by atoms with Gasteiger partial charge in [-0.3, -0.25) is 4.68 Å². The molecule has 1 saturated heterocycles. The van der Waals surface area contributed by atoms with Crippen molar-refractivity contribution in [2.24, 2.45) is 0 Å². The van der Waals surface area contributed by atoms with Crippen molar-refractivity contribution < 1.29 is 8.42 Å². The Morgan fingerprint density at radius 3 is 2.44 bits per heavy atom. The maximum absolute atomic E-state index is 12.8. The van der Waals surface area contributed by atoms with Crippen LogP contribution in [0.15, 0.2) is 11.0 Å². The Balaban J connectivity index is 1.80. The fraction of sp³-hybridized carbons (Fsp3) is 0.611. The van der Waals surface area contributed by atoms with Crippen LogP contribution in [0.3, 0.4) is 0 Å². The number of sulfonamides is 1. The van der Waals surface area contributed by atoms with E-state index in [4.69, 9.17) is 0 Å². The summed E-state index contributed by atoms with van der Waals surface area (Å²) in [5.74, 6) is 0.690. The molecule has 1 aliphatic heterocycles. The number of hydrogen-bond donors (Lipinski definition) is 1. The molecule has 0 radical (unpaired) electrons. The van der Waals surface area contributed by atoms with Crippen LogP contribution in [0.4, 0.5) is 5.95 Å². The van der Waals surface area contributed by atoms with Crippen LogP contribution in [0.25, 0.3) is 0 Å². The Morgan fingerprint density at radius 1 is 1.11 bits per heavy atom. The number of nitrogens with one attached hydrogen (secondary N) is 1. The molecule has 27 heavy (non-hydrogen) atoms. The van der Waals surface area contributed by atoms with Crippen molar-refractivity contribution in [2.45, 2.75) is 64.9 Å². The summed E-state index contributed by atoms with van der Waals surface area (Å²) in [4.78, 5) is 11.5. The molecule has 3 heterocycles. The SMILES string of the molecule is CCn1nc(C)c(S(=O)(=O)NCc2cc(C)nc(N3CCCCC3)n2)c1C. The van der Waals surface area contributed by atoms with Crippen molar-refractivity contribution in [3.63, 3.8) is 0 Å². The molecule has 148 valence electrons. The molecule has 2 aromatic rings. The predicted octanol–water partition coefficient (Wildman–Crippen LogP) is 2.09. The molecular weight excluding hydrogens is 364 g/mol. The smallest absolute Gasteiger partial charge is 0.244 e. The van der Waals surface area contributed by atoms with Crippen LogP contribution in [0, 0.1) is 20.8 Å². The van der Waals surface area contributed by atoms with Gasteiger partial charge in [-0.1, -0.05) is 0 Å². The summed E-state index contributed by atoms with van der Waals surface area (Å²) in [6.45, 7) is 10.0. The molecular formula is C18H28N6O2S. The molecule has 0 saturated carbocycles. The molecule has 3 rings (SSSR count). The molecule has 1 N–H and O–H groups in total. The van der Waals surface area contributed by atoms with E-state index in [1.165, 1.54) is 6.42 Å². The van der Waals surface area contributed by atoms with Gasteiger partial charge < -0.3 is 4.90 Å². The maximum atomic E-state index is 12.8. The monoisotopic (exact) mass is 392 g/mol. The first-order chi connectivity index (χ1) is 12.8. The molecule has 0 bridgehead atoms. The second kappa shape index (κ2) is 7.93. The molecule has 0 atom stereocenters. The van der Waals surface area contributed by atoms with Gasteiger partial charge in [-0.05, 0) is 53.0 Å². The van der Waals surface area contributed by atoms with Crippen molar-refractivity contribution in [3.8, 4) is 0 Å². The van der Waals surface area contributed by atoms with Gasteiger partial charge in [-0.15, -0.1) is 0 Å². The summed E-state index contributed by atoms with van der Waals surface area (Å²) in [5, 5.41) is 4.30. The average molecular weight is 393 g/mol. The molecule has 9 heteroatoms. The molecule has 1 fully saturated rings. The van der Waals surface area contributed by atoms with Gasteiger partial charge in [0.15, 0.2) is 0 Å². The summed E-state index contributed by atoms with van der Waals surface area (Å²) in [5.41, 5.74) is 2.67. The molecule has 0 aromatic carbocycles. The first-order valence-corrected chi connectivity index (χ1v) is 10.9. The minimum absolute atomic E-state index is 0.128. The van der Waals surface area contributed by atoms with Crippen LogP contribution in [-0.2, 0) is 23.1 Å². The molecule has 0 aliphatic carbocycles. The molecule has 2 aromatic heterocycles. The Kier molecular flexibility index (Phi) is 5.81. The van der Waals surface area contributed by atoms with Crippen molar-refractivity contribution in [3.05, 3.63) is 28.8 Å². The number of hydrogen-bond acceptors (Lipinski definition) is 6. The van der Waals surface area contributed by atoms with E-state index in [1.807, 2.05) is 19.9 Å². The van der Waals surface area contributed by atoms with Crippen molar-refractivity contribution in [1.29, 1.82) is 0 Å². The summed E-state index contributed by atoms with van der Waals surface area (Å²) in [6, 6.07) is 1.82. The summed E-state index contributed by atoms with van der Waals surface area (Å²) in [7, 11) is -3.67. The molecule has 1 aliphatic rings. The summed E-state index contributed by atoms with van der Waals surface area (Å²) >= 11 is 0. The van der Waals surface area contributed by atoms with Gasteiger partial charge in [-0.25, -0.2) is 23.1 Å². The van der Waals surface area contributed by atoms with E-state index in [9.17, 15) is 8.42 Å². The Morgan fingerprint density at radius 2 is 1.81 bits per heavy atom. The van der Waals surface area contributed by atoms with Crippen LogP contribution in [-0.4, -0.2) is 41.3 Å². The lowest BCUT2D eigenvalue weighted by atomic mass is 10.1. The Bertz CT molecular complexity index is 916. The lowest BCUT2D eigenvalue weighted by Crippen LogP contribution is -2.32. The first kappa shape index (κ1) is 19.8. The fourth-order valence-corrected chi connectivity index (χ4v) is 4.97. The minimum Gasteiger partial charge on any atom is -0.341 e. The quantitative estimate of drug-likeness (QED) is 0.809.